The standard InChI is InChI=1S/C21H19FN6O3S/c1-3-28-19(25-26-27-28)11-31-15-6-4-5-13(9-15)20(29)24-21-23-17(12-32-21)16-10-14(22)7-8-18(16)30-2/h4-10,12H,3,11H2,1-2H3,(H,23,24,29). The van der Waals surface area contributed by atoms with Crippen molar-refractivity contribution < 1.29 is 18.7 Å². The van der Waals surface area contributed by atoms with E-state index in [-0.39, 0.29) is 12.5 Å². The monoisotopic (exact) mass is 454 g/mol. The van der Waals surface area contributed by atoms with Gasteiger partial charge in [0, 0.05) is 23.1 Å². The molecule has 9 nitrogen and oxygen atoms in total. The first-order chi connectivity index (χ1) is 15.6. The fraction of sp³-hybridized carbons (Fsp3) is 0.190. The highest BCUT2D eigenvalue weighted by Crippen LogP contribution is 2.33. The average molecular weight is 454 g/mol. The van der Waals surface area contributed by atoms with Crippen LogP contribution in [-0.2, 0) is 13.2 Å². The minimum Gasteiger partial charge on any atom is -0.496 e. The highest BCUT2D eigenvalue weighted by molar-refractivity contribution is 7.14. The Kier molecular flexibility index (Phi) is 6.36. The van der Waals surface area contributed by atoms with Crippen LogP contribution in [0.3, 0.4) is 0 Å². The summed E-state index contributed by atoms with van der Waals surface area (Å²) in [5, 5.41) is 16.3. The van der Waals surface area contributed by atoms with Crippen molar-refractivity contribution in [2.75, 3.05) is 12.4 Å². The van der Waals surface area contributed by atoms with Crippen LogP contribution in [0.4, 0.5) is 9.52 Å². The van der Waals surface area contributed by atoms with Crippen molar-refractivity contribution in [1.29, 1.82) is 0 Å². The van der Waals surface area contributed by atoms with Crippen LogP contribution in [0, 0.1) is 5.82 Å². The number of hydrogen-bond acceptors (Lipinski definition) is 8. The molecule has 2 aromatic heterocycles. The van der Waals surface area contributed by atoms with Gasteiger partial charge in [0.05, 0.1) is 12.8 Å². The van der Waals surface area contributed by atoms with Gasteiger partial charge in [-0.2, -0.15) is 0 Å². The number of tetrazole rings is 1. The van der Waals surface area contributed by atoms with Crippen molar-refractivity contribution in [3.8, 4) is 22.8 Å². The number of aryl methyl sites for hydroxylation is 1. The molecule has 4 rings (SSSR count). The number of rotatable bonds is 8. The zero-order chi connectivity index (χ0) is 22.5. The minimum atomic E-state index is -0.399. The summed E-state index contributed by atoms with van der Waals surface area (Å²) in [7, 11) is 1.50. The number of nitrogens with zero attached hydrogens (tertiary/aromatic N) is 5. The van der Waals surface area contributed by atoms with E-state index in [1.54, 1.807) is 34.3 Å². The molecular weight excluding hydrogens is 435 g/mol. The van der Waals surface area contributed by atoms with Crippen LogP contribution in [-0.4, -0.2) is 38.2 Å². The van der Waals surface area contributed by atoms with E-state index in [1.165, 1.54) is 36.6 Å². The third-order valence-corrected chi connectivity index (χ3v) is 5.29. The van der Waals surface area contributed by atoms with Crippen LogP contribution in [0.2, 0.25) is 0 Å². The number of amides is 1. The lowest BCUT2D eigenvalue weighted by Crippen LogP contribution is -2.12. The molecule has 0 aliphatic heterocycles. The van der Waals surface area contributed by atoms with E-state index in [0.717, 1.165) is 0 Å². The van der Waals surface area contributed by atoms with Crippen molar-refractivity contribution >= 4 is 22.4 Å². The SMILES string of the molecule is CCn1nnnc1COc1cccc(C(=O)Nc2nc(-c3cc(F)ccc3OC)cs2)c1. The van der Waals surface area contributed by atoms with Gasteiger partial charge in [-0.3, -0.25) is 10.1 Å². The molecule has 0 atom stereocenters. The number of anilines is 1. The van der Waals surface area contributed by atoms with Crippen molar-refractivity contribution in [2.45, 2.75) is 20.1 Å². The Bertz CT molecular complexity index is 1240. The molecule has 0 saturated heterocycles. The second kappa shape index (κ2) is 9.52. The lowest BCUT2D eigenvalue weighted by atomic mass is 10.1. The smallest absolute Gasteiger partial charge is 0.257 e. The zero-order valence-corrected chi connectivity index (χ0v) is 18.1. The molecule has 4 aromatic rings. The van der Waals surface area contributed by atoms with Gasteiger partial charge in [-0.1, -0.05) is 6.07 Å². The number of thiazole rings is 1. The summed E-state index contributed by atoms with van der Waals surface area (Å²) in [6.45, 7) is 2.74. The molecule has 0 fully saturated rings. The molecule has 2 heterocycles. The van der Waals surface area contributed by atoms with Crippen molar-refractivity contribution in [1.82, 2.24) is 25.2 Å². The largest absolute Gasteiger partial charge is 0.496 e. The minimum absolute atomic E-state index is 0.178. The van der Waals surface area contributed by atoms with E-state index in [2.05, 4.69) is 25.8 Å². The third kappa shape index (κ3) is 4.72. The van der Waals surface area contributed by atoms with Crippen LogP contribution in [0.1, 0.15) is 23.1 Å². The number of carbonyl (C=O) groups is 1. The van der Waals surface area contributed by atoms with Crippen molar-refractivity contribution in [3.63, 3.8) is 0 Å². The van der Waals surface area contributed by atoms with E-state index in [9.17, 15) is 9.18 Å². The zero-order valence-electron chi connectivity index (χ0n) is 17.3. The van der Waals surface area contributed by atoms with Gasteiger partial charge in [0.25, 0.3) is 5.91 Å². The number of methoxy groups -OCH3 is 1. The molecule has 0 saturated carbocycles. The summed E-state index contributed by atoms with van der Waals surface area (Å²) in [6.07, 6.45) is 0. The summed E-state index contributed by atoms with van der Waals surface area (Å²) in [4.78, 5) is 17.1. The fourth-order valence-electron chi connectivity index (χ4n) is 2.95. The number of benzene rings is 2. The fourth-order valence-corrected chi connectivity index (χ4v) is 3.66. The Morgan fingerprint density at radius 3 is 2.94 bits per heavy atom. The molecule has 0 unspecified atom stereocenters. The predicted molar refractivity (Wildman–Crippen MR) is 116 cm³/mol. The quantitative estimate of drug-likeness (QED) is 0.432. The molecule has 0 bridgehead atoms. The third-order valence-electron chi connectivity index (χ3n) is 4.53. The number of nitrogens with one attached hydrogen (secondary N) is 1. The summed E-state index contributed by atoms with van der Waals surface area (Å²) in [5.41, 5.74) is 1.42. The van der Waals surface area contributed by atoms with Gasteiger partial charge in [-0.05, 0) is 53.7 Å². The highest BCUT2D eigenvalue weighted by Gasteiger charge is 2.14. The van der Waals surface area contributed by atoms with E-state index in [0.29, 0.717) is 45.8 Å². The van der Waals surface area contributed by atoms with E-state index in [1.807, 2.05) is 6.92 Å². The molecule has 2 aromatic carbocycles. The molecule has 164 valence electrons. The number of carbonyl (C=O) groups excluding carboxylic acids is 1. The molecule has 1 N–H and O–H groups in total. The summed E-state index contributed by atoms with van der Waals surface area (Å²) >= 11 is 1.23. The van der Waals surface area contributed by atoms with E-state index < -0.39 is 5.82 Å². The Hall–Kier alpha value is -3.86. The van der Waals surface area contributed by atoms with Crippen molar-refractivity contribution in [3.05, 3.63) is 65.0 Å². The van der Waals surface area contributed by atoms with E-state index >= 15 is 0 Å². The molecule has 0 aliphatic rings. The number of halogens is 1. The maximum atomic E-state index is 13.7. The Morgan fingerprint density at radius 1 is 1.25 bits per heavy atom. The number of aromatic nitrogens is 5. The second-order valence-corrected chi connectivity index (χ2v) is 7.42. The van der Waals surface area contributed by atoms with Crippen LogP contribution >= 0.6 is 11.3 Å². The Balaban J connectivity index is 1.45. The molecule has 0 aliphatic carbocycles. The predicted octanol–water partition coefficient (Wildman–Crippen LogP) is 3.80. The van der Waals surface area contributed by atoms with Gasteiger partial charge >= 0.3 is 0 Å². The molecular formula is C21H19FN6O3S. The highest BCUT2D eigenvalue weighted by atomic mass is 32.1. The van der Waals surface area contributed by atoms with Crippen LogP contribution < -0.4 is 14.8 Å². The number of hydrogen-bond donors (Lipinski definition) is 1. The lowest BCUT2D eigenvalue weighted by Gasteiger charge is -2.08. The van der Waals surface area contributed by atoms with Gasteiger partial charge < -0.3 is 9.47 Å². The molecule has 32 heavy (non-hydrogen) atoms. The van der Waals surface area contributed by atoms with Crippen molar-refractivity contribution in [2.24, 2.45) is 0 Å². The molecule has 1 amide bonds. The first-order valence-corrected chi connectivity index (χ1v) is 10.5. The van der Waals surface area contributed by atoms with Crippen LogP contribution in [0.25, 0.3) is 11.3 Å². The number of ether oxygens (including phenoxy) is 2. The van der Waals surface area contributed by atoms with Gasteiger partial charge in [-0.15, -0.1) is 16.4 Å². The lowest BCUT2D eigenvalue weighted by molar-refractivity contribution is 0.102. The first kappa shape index (κ1) is 21.4. The normalized spacial score (nSPS) is 10.7. The van der Waals surface area contributed by atoms with Crippen LogP contribution in [0.5, 0.6) is 11.5 Å². The summed E-state index contributed by atoms with van der Waals surface area (Å²) in [5.74, 6) is 0.844. The Labute approximate surface area is 186 Å². The Morgan fingerprint density at radius 2 is 2.12 bits per heavy atom. The second-order valence-electron chi connectivity index (χ2n) is 6.56. The maximum Gasteiger partial charge on any atom is 0.257 e. The van der Waals surface area contributed by atoms with E-state index in [4.69, 9.17) is 9.47 Å². The van der Waals surface area contributed by atoms with Gasteiger partial charge in [0.1, 0.15) is 23.9 Å². The molecule has 0 radical (unpaired) electrons. The summed E-state index contributed by atoms with van der Waals surface area (Å²) < 4.78 is 26.3. The van der Waals surface area contributed by atoms with Gasteiger partial charge in [0.2, 0.25) is 0 Å². The van der Waals surface area contributed by atoms with Gasteiger partial charge in [0.15, 0.2) is 11.0 Å². The first-order valence-electron chi connectivity index (χ1n) is 9.66. The molecule has 11 heteroatoms. The van der Waals surface area contributed by atoms with Crippen LogP contribution in [0.15, 0.2) is 47.8 Å². The molecule has 0 spiro atoms. The topological polar surface area (TPSA) is 104 Å². The van der Waals surface area contributed by atoms with Gasteiger partial charge in [-0.25, -0.2) is 14.1 Å². The summed E-state index contributed by atoms with van der Waals surface area (Å²) in [6, 6.07) is 10.9. The average Bonchev–Trinajstić information content (AvgIpc) is 3.47. The maximum absolute atomic E-state index is 13.7.